The Bertz CT molecular complexity index is 624. The van der Waals surface area contributed by atoms with Gasteiger partial charge in [0.25, 0.3) is 5.91 Å². The SMILES string of the molecule is COC(=O)c1sccc1NC(=O)c1cccc(Cl)c1. The lowest BCUT2D eigenvalue weighted by atomic mass is 10.2. The monoisotopic (exact) mass is 295 g/mol. The highest BCUT2D eigenvalue weighted by atomic mass is 35.5. The Morgan fingerprint density at radius 1 is 1.32 bits per heavy atom. The number of nitrogens with one attached hydrogen (secondary N) is 1. The van der Waals surface area contributed by atoms with E-state index in [1.807, 2.05) is 0 Å². The lowest BCUT2D eigenvalue weighted by Gasteiger charge is -2.05. The van der Waals surface area contributed by atoms with Crippen LogP contribution >= 0.6 is 22.9 Å². The Morgan fingerprint density at radius 2 is 2.11 bits per heavy atom. The van der Waals surface area contributed by atoms with Crippen molar-refractivity contribution in [3.8, 4) is 0 Å². The number of anilines is 1. The fourth-order valence-corrected chi connectivity index (χ4v) is 2.44. The van der Waals surface area contributed by atoms with Gasteiger partial charge in [-0.15, -0.1) is 11.3 Å². The highest BCUT2D eigenvalue weighted by Gasteiger charge is 2.16. The Labute approximate surface area is 119 Å². The van der Waals surface area contributed by atoms with E-state index in [1.165, 1.54) is 18.4 Å². The Kier molecular flexibility index (Phi) is 4.19. The van der Waals surface area contributed by atoms with Crippen molar-refractivity contribution in [1.82, 2.24) is 0 Å². The summed E-state index contributed by atoms with van der Waals surface area (Å²) >= 11 is 7.03. The smallest absolute Gasteiger partial charge is 0.350 e. The molecule has 1 N–H and O–H groups in total. The molecule has 0 fully saturated rings. The first-order chi connectivity index (χ1) is 9.11. The fourth-order valence-electron chi connectivity index (χ4n) is 1.48. The van der Waals surface area contributed by atoms with Crippen LogP contribution in [0.5, 0.6) is 0 Å². The lowest BCUT2D eigenvalue weighted by molar-refractivity contribution is 0.0607. The normalized spacial score (nSPS) is 10.0. The molecule has 0 atom stereocenters. The minimum Gasteiger partial charge on any atom is -0.465 e. The molecule has 2 rings (SSSR count). The maximum atomic E-state index is 12.0. The molecule has 0 radical (unpaired) electrons. The van der Waals surface area contributed by atoms with Gasteiger partial charge in [0, 0.05) is 10.6 Å². The first-order valence-corrected chi connectivity index (χ1v) is 6.60. The van der Waals surface area contributed by atoms with Crippen molar-refractivity contribution in [1.29, 1.82) is 0 Å². The zero-order valence-electron chi connectivity index (χ0n) is 9.98. The summed E-state index contributed by atoms with van der Waals surface area (Å²) in [7, 11) is 1.30. The standard InChI is InChI=1S/C13H10ClNO3S/c1-18-13(17)11-10(5-6-19-11)15-12(16)8-3-2-4-9(14)7-8/h2-7H,1H3,(H,15,16). The number of halogens is 1. The van der Waals surface area contributed by atoms with E-state index in [2.05, 4.69) is 10.1 Å². The van der Waals surface area contributed by atoms with Crippen molar-refractivity contribution >= 4 is 40.5 Å². The Morgan fingerprint density at radius 3 is 2.79 bits per heavy atom. The number of benzene rings is 1. The van der Waals surface area contributed by atoms with E-state index >= 15 is 0 Å². The summed E-state index contributed by atoms with van der Waals surface area (Å²) in [6.45, 7) is 0. The van der Waals surface area contributed by atoms with Crippen molar-refractivity contribution in [2.45, 2.75) is 0 Å². The van der Waals surface area contributed by atoms with E-state index in [0.717, 1.165) is 0 Å². The summed E-state index contributed by atoms with van der Waals surface area (Å²) in [5.74, 6) is -0.803. The van der Waals surface area contributed by atoms with Gasteiger partial charge in [-0.25, -0.2) is 4.79 Å². The number of carbonyl (C=O) groups is 2. The first-order valence-electron chi connectivity index (χ1n) is 5.34. The lowest BCUT2D eigenvalue weighted by Crippen LogP contribution is -2.13. The zero-order valence-corrected chi connectivity index (χ0v) is 11.5. The molecule has 0 aliphatic heterocycles. The maximum absolute atomic E-state index is 12.0. The zero-order chi connectivity index (χ0) is 13.8. The van der Waals surface area contributed by atoms with Crippen molar-refractivity contribution in [2.75, 3.05) is 12.4 Å². The summed E-state index contributed by atoms with van der Waals surface area (Å²) in [6, 6.07) is 8.22. The summed E-state index contributed by atoms with van der Waals surface area (Å²) in [6.07, 6.45) is 0. The number of amides is 1. The molecule has 0 bridgehead atoms. The topological polar surface area (TPSA) is 55.4 Å². The number of carbonyl (C=O) groups excluding carboxylic acids is 2. The molecule has 0 saturated heterocycles. The third-order valence-electron chi connectivity index (χ3n) is 2.37. The molecule has 98 valence electrons. The number of methoxy groups -OCH3 is 1. The molecule has 1 amide bonds. The molecule has 0 spiro atoms. The molecule has 0 aliphatic rings. The van der Waals surface area contributed by atoms with Crippen LogP contribution in [0.1, 0.15) is 20.0 Å². The molecule has 19 heavy (non-hydrogen) atoms. The average molecular weight is 296 g/mol. The predicted molar refractivity (Wildman–Crippen MR) is 75.1 cm³/mol. The number of hydrogen-bond donors (Lipinski definition) is 1. The molecular weight excluding hydrogens is 286 g/mol. The van der Waals surface area contributed by atoms with Gasteiger partial charge in [0.15, 0.2) is 0 Å². The van der Waals surface area contributed by atoms with Crippen molar-refractivity contribution in [2.24, 2.45) is 0 Å². The van der Waals surface area contributed by atoms with E-state index in [-0.39, 0.29) is 5.91 Å². The largest absolute Gasteiger partial charge is 0.465 e. The predicted octanol–water partition coefficient (Wildman–Crippen LogP) is 3.44. The highest BCUT2D eigenvalue weighted by molar-refractivity contribution is 7.12. The molecule has 1 aromatic carbocycles. The van der Waals surface area contributed by atoms with E-state index in [9.17, 15) is 9.59 Å². The van der Waals surface area contributed by atoms with Crippen molar-refractivity contribution in [3.63, 3.8) is 0 Å². The van der Waals surface area contributed by atoms with Crippen LogP contribution in [0.15, 0.2) is 35.7 Å². The summed E-state index contributed by atoms with van der Waals surface area (Å²) < 4.78 is 4.64. The number of esters is 1. The average Bonchev–Trinajstić information content (AvgIpc) is 2.86. The summed E-state index contributed by atoms with van der Waals surface area (Å²) in [4.78, 5) is 23.9. The quantitative estimate of drug-likeness (QED) is 0.883. The molecule has 0 aliphatic carbocycles. The second kappa shape index (κ2) is 5.86. The number of rotatable bonds is 3. The molecule has 1 aromatic heterocycles. The van der Waals surface area contributed by atoms with Gasteiger partial charge in [0.05, 0.1) is 12.8 Å². The van der Waals surface area contributed by atoms with Crippen LogP contribution in [0.4, 0.5) is 5.69 Å². The van der Waals surface area contributed by atoms with Crippen molar-refractivity contribution < 1.29 is 14.3 Å². The van der Waals surface area contributed by atoms with Crippen LogP contribution in [0, 0.1) is 0 Å². The number of ether oxygens (including phenoxy) is 1. The van der Waals surface area contributed by atoms with Crippen LogP contribution in [0.3, 0.4) is 0 Å². The van der Waals surface area contributed by atoms with Crippen LogP contribution in [0.2, 0.25) is 5.02 Å². The molecule has 4 nitrogen and oxygen atoms in total. The molecular formula is C13H10ClNO3S. The van der Waals surface area contributed by atoms with E-state index in [0.29, 0.717) is 21.2 Å². The van der Waals surface area contributed by atoms with Gasteiger partial charge in [-0.05, 0) is 29.6 Å². The highest BCUT2D eigenvalue weighted by Crippen LogP contribution is 2.24. The Balaban J connectivity index is 2.20. The van der Waals surface area contributed by atoms with E-state index < -0.39 is 5.97 Å². The molecule has 1 heterocycles. The van der Waals surface area contributed by atoms with Crippen LogP contribution in [0.25, 0.3) is 0 Å². The van der Waals surface area contributed by atoms with Gasteiger partial charge in [-0.2, -0.15) is 0 Å². The summed E-state index contributed by atoms with van der Waals surface area (Å²) in [5.41, 5.74) is 0.858. The van der Waals surface area contributed by atoms with Gasteiger partial charge in [0.1, 0.15) is 4.88 Å². The van der Waals surface area contributed by atoms with Crippen LogP contribution < -0.4 is 5.32 Å². The maximum Gasteiger partial charge on any atom is 0.350 e. The summed E-state index contributed by atoms with van der Waals surface area (Å²) in [5, 5.41) is 4.85. The fraction of sp³-hybridized carbons (Fsp3) is 0.0769. The van der Waals surface area contributed by atoms with Crippen LogP contribution in [-0.4, -0.2) is 19.0 Å². The minimum atomic E-state index is -0.476. The van der Waals surface area contributed by atoms with Gasteiger partial charge >= 0.3 is 5.97 Å². The van der Waals surface area contributed by atoms with Crippen molar-refractivity contribution in [3.05, 3.63) is 51.2 Å². The van der Waals surface area contributed by atoms with E-state index in [1.54, 1.807) is 35.7 Å². The molecule has 2 aromatic rings. The Hall–Kier alpha value is -1.85. The van der Waals surface area contributed by atoms with Gasteiger partial charge in [0.2, 0.25) is 0 Å². The van der Waals surface area contributed by atoms with E-state index in [4.69, 9.17) is 11.6 Å². The van der Waals surface area contributed by atoms with Gasteiger partial charge < -0.3 is 10.1 Å². The number of hydrogen-bond acceptors (Lipinski definition) is 4. The van der Waals surface area contributed by atoms with Crippen LogP contribution in [-0.2, 0) is 4.74 Å². The third-order valence-corrected chi connectivity index (χ3v) is 3.50. The third kappa shape index (κ3) is 3.13. The van der Waals surface area contributed by atoms with Gasteiger partial charge in [-0.3, -0.25) is 4.79 Å². The first kappa shape index (κ1) is 13.6. The molecule has 6 heteroatoms. The minimum absolute atomic E-state index is 0.328. The van der Waals surface area contributed by atoms with Gasteiger partial charge in [-0.1, -0.05) is 17.7 Å². The number of thiophene rings is 1. The second-order valence-corrected chi connectivity index (χ2v) is 4.97. The second-order valence-electron chi connectivity index (χ2n) is 3.62. The molecule has 0 saturated carbocycles. The molecule has 0 unspecified atom stereocenters.